The van der Waals surface area contributed by atoms with E-state index in [0.29, 0.717) is 6.61 Å². The Morgan fingerprint density at radius 2 is 2.14 bits per heavy atom. The third-order valence-corrected chi connectivity index (χ3v) is 4.16. The van der Waals surface area contributed by atoms with E-state index in [1.54, 1.807) is 7.11 Å². The summed E-state index contributed by atoms with van der Waals surface area (Å²) < 4.78 is 10.7. The maximum atomic E-state index is 5.64. The molecule has 0 radical (unpaired) electrons. The smallest absolute Gasteiger partial charge is 0.170 e. The van der Waals surface area contributed by atoms with Crippen LogP contribution in [-0.2, 0) is 23.1 Å². The van der Waals surface area contributed by atoms with Crippen molar-refractivity contribution < 1.29 is 9.26 Å². The van der Waals surface area contributed by atoms with Crippen molar-refractivity contribution in [2.45, 2.75) is 32.2 Å². The predicted molar refractivity (Wildman–Crippen MR) is 82.3 cm³/mol. The van der Waals surface area contributed by atoms with Crippen LogP contribution >= 0.6 is 0 Å². The lowest BCUT2D eigenvalue weighted by molar-refractivity contribution is 0.199. The molecule has 21 heavy (non-hydrogen) atoms. The van der Waals surface area contributed by atoms with Gasteiger partial charge >= 0.3 is 0 Å². The fraction of sp³-hybridized carbons (Fsp3) is 0.471. The first-order valence-corrected chi connectivity index (χ1v) is 7.40. The Morgan fingerprint density at radius 3 is 2.95 bits per heavy atom. The van der Waals surface area contributed by atoms with E-state index < -0.39 is 0 Å². The molecule has 4 nitrogen and oxygen atoms in total. The number of hydrogen-bond acceptors (Lipinski definition) is 4. The summed E-state index contributed by atoms with van der Waals surface area (Å²) in [6.07, 6.45) is 0.962. The molecule has 0 saturated heterocycles. The van der Waals surface area contributed by atoms with Crippen molar-refractivity contribution in [3.05, 3.63) is 41.1 Å². The molecule has 0 unspecified atom stereocenters. The second kappa shape index (κ2) is 5.62. The molecule has 1 heterocycles. The molecular formula is C17H22N2O2. The summed E-state index contributed by atoms with van der Waals surface area (Å²) in [6, 6.07) is 8.47. The Labute approximate surface area is 125 Å². The van der Waals surface area contributed by atoms with Gasteiger partial charge in [-0.15, -0.1) is 0 Å². The van der Waals surface area contributed by atoms with Gasteiger partial charge in [-0.1, -0.05) is 43.3 Å². The van der Waals surface area contributed by atoms with E-state index in [2.05, 4.69) is 48.6 Å². The zero-order valence-electron chi connectivity index (χ0n) is 12.9. The molecule has 1 aliphatic carbocycles. The lowest BCUT2D eigenvalue weighted by Gasteiger charge is -2.31. The van der Waals surface area contributed by atoms with Crippen molar-refractivity contribution in [1.29, 1.82) is 0 Å². The third kappa shape index (κ3) is 2.61. The van der Waals surface area contributed by atoms with Gasteiger partial charge < -0.3 is 14.6 Å². The summed E-state index contributed by atoms with van der Waals surface area (Å²) in [7, 11) is 1.71. The van der Waals surface area contributed by atoms with Crippen molar-refractivity contribution in [3.8, 4) is 11.3 Å². The fourth-order valence-electron chi connectivity index (χ4n) is 3.06. The van der Waals surface area contributed by atoms with Gasteiger partial charge in [0.15, 0.2) is 5.76 Å². The van der Waals surface area contributed by atoms with E-state index in [1.165, 1.54) is 16.7 Å². The normalized spacial score (nSPS) is 15.6. The highest BCUT2D eigenvalue weighted by molar-refractivity contribution is 5.70. The van der Waals surface area contributed by atoms with Gasteiger partial charge in [0.25, 0.3) is 0 Å². The molecule has 0 atom stereocenters. The van der Waals surface area contributed by atoms with Crippen LogP contribution in [0.1, 0.15) is 30.7 Å². The highest BCUT2D eigenvalue weighted by Crippen LogP contribution is 2.43. The van der Waals surface area contributed by atoms with Crippen LogP contribution in [0.15, 0.2) is 28.8 Å². The minimum atomic E-state index is 0.108. The Kier molecular flexibility index (Phi) is 3.83. The van der Waals surface area contributed by atoms with Gasteiger partial charge in [0.2, 0.25) is 0 Å². The van der Waals surface area contributed by atoms with Gasteiger partial charge in [-0.05, 0) is 17.4 Å². The first kappa shape index (κ1) is 14.3. The SMILES string of the molecule is COCCNCc1noc2c1CC(C)(C)c1ccccc1-2. The van der Waals surface area contributed by atoms with Crippen molar-refractivity contribution >= 4 is 0 Å². The molecule has 1 aliphatic rings. The summed E-state index contributed by atoms with van der Waals surface area (Å²) in [5.41, 5.74) is 4.88. The van der Waals surface area contributed by atoms with Gasteiger partial charge in [-0.25, -0.2) is 0 Å². The van der Waals surface area contributed by atoms with Crippen molar-refractivity contribution in [3.63, 3.8) is 0 Å². The molecule has 0 bridgehead atoms. The summed E-state index contributed by atoms with van der Waals surface area (Å²) >= 11 is 0. The number of benzene rings is 1. The Bertz CT molecular complexity index is 631. The van der Waals surface area contributed by atoms with Crippen LogP contribution in [-0.4, -0.2) is 25.4 Å². The van der Waals surface area contributed by atoms with Crippen molar-refractivity contribution in [2.24, 2.45) is 0 Å². The third-order valence-electron chi connectivity index (χ3n) is 4.16. The van der Waals surface area contributed by atoms with Crippen LogP contribution in [0.25, 0.3) is 11.3 Å². The minimum Gasteiger partial charge on any atom is -0.383 e. The number of nitrogens with one attached hydrogen (secondary N) is 1. The molecule has 1 N–H and O–H groups in total. The van der Waals surface area contributed by atoms with Crippen LogP contribution in [0.5, 0.6) is 0 Å². The summed E-state index contributed by atoms with van der Waals surface area (Å²) in [5.74, 6) is 0.938. The summed E-state index contributed by atoms with van der Waals surface area (Å²) in [5, 5.41) is 7.62. The highest BCUT2D eigenvalue weighted by atomic mass is 16.5. The largest absolute Gasteiger partial charge is 0.383 e. The molecule has 0 spiro atoms. The number of fused-ring (bicyclic) bond motifs is 3. The summed E-state index contributed by atoms with van der Waals surface area (Å²) in [6.45, 7) is 6.81. The quantitative estimate of drug-likeness (QED) is 0.859. The molecule has 4 heteroatoms. The molecule has 2 aromatic rings. The number of ether oxygens (including phenoxy) is 1. The number of nitrogens with zero attached hydrogens (tertiary/aromatic N) is 1. The second-order valence-corrected chi connectivity index (χ2v) is 6.21. The molecule has 0 aliphatic heterocycles. The van der Waals surface area contributed by atoms with E-state index in [1.807, 2.05) is 0 Å². The maximum Gasteiger partial charge on any atom is 0.170 e. The molecule has 1 aromatic carbocycles. The topological polar surface area (TPSA) is 47.3 Å². The van der Waals surface area contributed by atoms with Gasteiger partial charge in [-0.3, -0.25) is 0 Å². The Balaban J connectivity index is 1.90. The van der Waals surface area contributed by atoms with Crippen LogP contribution < -0.4 is 5.32 Å². The summed E-state index contributed by atoms with van der Waals surface area (Å²) in [4.78, 5) is 0. The molecule has 112 valence electrons. The van der Waals surface area contributed by atoms with Gasteiger partial charge in [-0.2, -0.15) is 0 Å². The highest BCUT2D eigenvalue weighted by Gasteiger charge is 2.35. The van der Waals surface area contributed by atoms with Crippen LogP contribution in [0.4, 0.5) is 0 Å². The van der Waals surface area contributed by atoms with Crippen LogP contribution in [0.2, 0.25) is 0 Å². The Morgan fingerprint density at radius 1 is 1.33 bits per heavy atom. The predicted octanol–water partition coefficient (Wildman–Crippen LogP) is 2.91. The van der Waals surface area contributed by atoms with Gasteiger partial charge in [0, 0.05) is 31.3 Å². The Hall–Kier alpha value is -1.65. The zero-order valence-corrected chi connectivity index (χ0v) is 12.9. The molecule has 0 amide bonds. The lowest BCUT2D eigenvalue weighted by Crippen LogP contribution is -2.26. The van der Waals surface area contributed by atoms with Gasteiger partial charge in [0.05, 0.1) is 6.61 Å². The average molecular weight is 286 g/mol. The molecule has 1 aromatic heterocycles. The van der Waals surface area contributed by atoms with Crippen LogP contribution in [0.3, 0.4) is 0 Å². The number of aromatic nitrogens is 1. The lowest BCUT2D eigenvalue weighted by atomic mass is 9.72. The van der Waals surface area contributed by atoms with E-state index in [-0.39, 0.29) is 5.41 Å². The number of hydrogen-bond donors (Lipinski definition) is 1. The average Bonchev–Trinajstić information content (AvgIpc) is 2.86. The standard InChI is InChI=1S/C17H22N2O2/c1-17(2)10-13-15(11-18-8-9-20-3)19-21-16(13)12-6-4-5-7-14(12)17/h4-7,18H,8-11H2,1-3H3. The van der Waals surface area contributed by atoms with E-state index in [4.69, 9.17) is 9.26 Å². The fourth-order valence-corrected chi connectivity index (χ4v) is 3.06. The second-order valence-electron chi connectivity index (χ2n) is 6.21. The van der Waals surface area contributed by atoms with E-state index in [0.717, 1.165) is 31.0 Å². The molecule has 0 saturated carbocycles. The molecule has 0 fully saturated rings. The van der Waals surface area contributed by atoms with Crippen LogP contribution in [0, 0.1) is 0 Å². The first-order valence-electron chi connectivity index (χ1n) is 7.40. The van der Waals surface area contributed by atoms with Crippen molar-refractivity contribution in [1.82, 2.24) is 10.5 Å². The monoisotopic (exact) mass is 286 g/mol. The van der Waals surface area contributed by atoms with Gasteiger partial charge in [0.1, 0.15) is 5.69 Å². The zero-order chi connectivity index (χ0) is 14.9. The van der Waals surface area contributed by atoms with E-state index >= 15 is 0 Å². The van der Waals surface area contributed by atoms with Crippen molar-refractivity contribution in [2.75, 3.05) is 20.3 Å². The molecule has 3 rings (SSSR count). The molecular weight excluding hydrogens is 264 g/mol. The number of rotatable bonds is 5. The number of methoxy groups -OCH3 is 1. The first-order chi connectivity index (χ1) is 10.1. The minimum absolute atomic E-state index is 0.108. The maximum absolute atomic E-state index is 5.64. The van der Waals surface area contributed by atoms with E-state index in [9.17, 15) is 0 Å².